The zero-order valence-electron chi connectivity index (χ0n) is 12.6. The van der Waals surface area contributed by atoms with Crippen molar-refractivity contribution in [2.75, 3.05) is 6.61 Å². The summed E-state index contributed by atoms with van der Waals surface area (Å²) in [6, 6.07) is 11.2. The van der Waals surface area contributed by atoms with Crippen LogP contribution in [-0.4, -0.2) is 11.5 Å². The Morgan fingerprint density at radius 3 is 2.70 bits per heavy atom. The molecule has 0 saturated heterocycles. The third-order valence-corrected chi connectivity index (χ3v) is 2.94. The van der Waals surface area contributed by atoms with Crippen molar-refractivity contribution in [1.82, 2.24) is 0 Å². The van der Waals surface area contributed by atoms with Crippen LogP contribution in [-0.2, 0) is 6.61 Å². The van der Waals surface area contributed by atoms with E-state index in [0.717, 1.165) is 6.20 Å². The van der Waals surface area contributed by atoms with Crippen molar-refractivity contribution in [3.05, 3.63) is 75.7 Å². The largest absolute Gasteiger partial charge is 0.490 e. The minimum atomic E-state index is -0.533. The van der Waals surface area contributed by atoms with E-state index in [1.807, 2.05) is 6.92 Å². The summed E-state index contributed by atoms with van der Waals surface area (Å²) in [7, 11) is 0. The SMILES string of the molecule is CCOc1cc(C=C[N+](=O)[O-])ccc1OCc1cccc(F)c1. The van der Waals surface area contributed by atoms with Crippen LogP contribution in [0.3, 0.4) is 0 Å². The lowest BCUT2D eigenvalue weighted by Crippen LogP contribution is -2.00. The number of nitrogens with zero attached hydrogens (tertiary/aromatic N) is 1. The molecule has 0 aromatic heterocycles. The highest BCUT2D eigenvalue weighted by Gasteiger charge is 2.07. The van der Waals surface area contributed by atoms with Crippen LogP contribution in [0.5, 0.6) is 11.5 Å². The van der Waals surface area contributed by atoms with Gasteiger partial charge in [-0.2, -0.15) is 0 Å². The van der Waals surface area contributed by atoms with Gasteiger partial charge in [-0.15, -0.1) is 0 Å². The van der Waals surface area contributed by atoms with Gasteiger partial charge in [-0.3, -0.25) is 10.1 Å². The van der Waals surface area contributed by atoms with E-state index in [1.165, 1.54) is 18.2 Å². The van der Waals surface area contributed by atoms with Crippen molar-refractivity contribution in [2.45, 2.75) is 13.5 Å². The van der Waals surface area contributed by atoms with Gasteiger partial charge in [0, 0.05) is 6.08 Å². The fourth-order valence-electron chi connectivity index (χ4n) is 1.95. The van der Waals surface area contributed by atoms with E-state index in [2.05, 4.69) is 0 Å². The van der Waals surface area contributed by atoms with Gasteiger partial charge in [0.2, 0.25) is 6.20 Å². The second kappa shape index (κ2) is 7.93. The molecule has 6 heteroatoms. The molecule has 0 heterocycles. The number of benzene rings is 2. The maximum Gasteiger partial charge on any atom is 0.235 e. The van der Waals surface area contributed by atoms with Gasteiger partial charge in [0.05, 0.1) is 11.5 Å². The van der Waals surface area contributed by atoms with Crippen molar-refractivity contribution in [3.8, 4) is 11.5 Å². The number of rotatable bonds is 7. The Morgan fingerprint density at radius 2 is 2.00 bits per heavy atom. The first-order chi connectivity index (χ1) is 11.1. The maximum absolute atomic E-state index is 13.2. The normalized spacial score (nSPS) is 10.7. The molecule has 0 amide bonds. The summed E-state index contributed by atoms with van der Waals surface area (Å²) < 4.78 is 24.3. The highest BCUT2D eigenvalue weighted by atomic mass is 19.1. The first-order valence-corrected chi connectivity index (χ1v) is 7.04. The molecule has 5 nitrogen and oxygen atoms in total. The standard InChI is InChI=1S/C17H16FNO4/c1-2-22-17-11-13(8-9-19(20)21)6-7-16(17)23-12-14-4-3-5-15(18)10-14/h3-11H,2,12H2,1H3. The molecule has 120 valence electrons. The predicted octanol–water partition coefficient (Wildman–Crippen LogP) is 4.05. The van der Waals surface area contributed by atoms with Crippen LogP contribution < -0.4 is 9.47 Å². The van der Waals surface area contributed by atoms with Crippen LogP contribution in [0.4, 0.5) is 4.39 Å². The second-order valence-electron chi connectivity index (χ2n) is 4.66. The van der Waals surface area contributed by atoms with E-state index < -0.39 is 4.92 Å². The molecule has 0 unspecified atom stereocenters. The number of ether oxygens (including phenoxy) is 2. The molecule has 0 spiro atoms. The average Bonchev–Trinajstić information content (AvgIpc) is 2.52. The van der Waals surface area contributed by atoms with Gasteiger partial charge in [0.15, 0.2) is 11.5 Å². The highest BCUT2D eigenvalue weighted by molar-refractivity contribution is 5.55. The molecule has 2 rings (SSSR count). The summed E-state index contributed by atoms with van der Waals surface area (Å²) >= 11 is 0. The summed E-state index contributed by atoms with van der Waals surface area (Å²) in [5.74, 6) is 0.653. The zero-order chi connectivity index (χ0) is 16.7. The van der Waals surface area contributed by atoms with E-state index in [1.54, 1.807) is 30.3 Å². The van der Waals surface area contributed by atoms with Crippen LogP contribution in [0.2, 0.25) is 0 Å². The first-order valence-electron chi connectivity index (χ1n) is 7.04. The van der Waals surface area contributed by atoms with Crippen molar-refractivity contribution in [3.63, 3.8) is 0 Å². The third-order valence-electron chi connectivity index (χ3n) is 2.94. The molecule has 0 aliphatic rings. The second-order valence-corrected chi connectivity index (χ2v) is 4.66. The predicted molar refractivity (Wildman–Crippen MR) is 84.4 cm³/mol. The zero-order valence-corrected chi connectivity index (χ0v) is 12.6. The van der Waals surface area contributed by atoms with Gasteiger partial charge in [-0.05, 0) is 42.3 Å². The Labute approximate surface area is 133 Å². The van der Waals surface area contributed by atoms with E-state index in [-0.39, 0.29) is 12.4 Å². The van der Waals surface area contributed by atoms with Gasteiger partial charge in [-0.1, -0.05) is 18.2 Å². The minimum Gasteiger partial charge on any atom is -0.490 e. The van der Waals surface area contributed by atoms with Crippen LogP contribution in [0.25, 0.3) is 6.08 Å². The van der Waals surface area contributed by atoms with E-state index in [4.69, 9.17) is 9.47 Å². The molecule has 0 bridgehead atoms. The van der Waals surface area contributed by atoms with Crippen LogP contribution >= 0.6 is 0 Å². The van der Waals surface area contributed by atoms with E-state index in [9.17, 15) is 14.5 Å². The minimum absolute atomic E-state index is 0.196. The molecule has 23 heavy (non-hydrogen) atoms. The summed E-state index contributed by atoms with van der Waals surface area (Å²) in [5, 5.41) is 10.4. The topological polar surface area (TPSA) is 61.6 Å². The fraction of sp³-hybridized carbons (Fsp3) is 0.176. The summed E-state index contributed by atoms with van der Waals surface area (Å²) in [6.07, 6.45) is 2.23. The molecule has 0 fully saturated rings. The van der Waals surface area contributed by atoms with Gasteiger partial charge in [0.1, 0.15) is 12.4 Å². The van der Waals surface area contributed by atoms with Crippen molar-refractivity contribution in [1.29, 1.82) is 0 Å². The van der Waals surface area contributed by atoms with Crippen molar-refractivity contribution >= 4 is 6.08 Å². The van der Waals surface area contributed by atoms with Crippen LogP contribution in [0.15, 0.2) is 48.7 Å². The number of hydrogen-bond donors (Lipinski definition) is 0. The van der Waals surface area contributed by atoms with Gasteiger partial charge >= 0.3 is 0 Å². The summed E-state index contributed by atoms with van der Waals surface area (Å²) in [4.78, 5) is 9.84. The Kier molecular flexibility index (Phi) is 5.68. The average molecular weight is 317 g/mol. The van der Waals surface area contributed by atoms with Crippen molar-refractivity contribution < 1.29 is 18.8 Å². The monoisotopic (exact) mass is 317 g/mol. The molecule has 0 aliphatic carbocycles. The van der Waals surface area contributed by atoms with Crippen LogP contribution in [0.1, 0.15) is 18.1 Å². The summed E-state index contributed by atoms with van der Waals surface area (Å²) in [5.41, 5.74) is 1.33. The molecular weight excluding hydrogens is 301 g/mol. The van der Waals surface area contributed by atoms with Crippen LogP contribution in [0, 0.1) is 15.9 Å². The molecule has 0 saturated carbocycles. The van der Waals surface area contributed by atoms with E-state index >= 15 is 0 Å². The van der Waals surface area contributed by atoms with Gasteiger partial charge < -0.3 is 9.47 Å². The van der Waals surface area contributed by atoms with Crippen molar-refractivity contribution in [2.24, 2.45) is 0 Å². The number of nitro groups is 1. The molecule has 0 aliphatic heterocycles. The Hall–Kier alpha value is -2.89. The lowest BCUT2D eigenvalue weighted by Gasteiger charge is -2.12. The lowest BCUT2D eigenvalue weighted by molar-refractivity contribution is -0.400. The van der Waals surface area contributed by atoms with E-state index in [0.29, 0.717) is 29.2 Å². The lowest BCUT2D eigenvalue weighted by atomic mass is 10.2. The summed E-state index contributed by atoms with van der Waals surface area (Å²) in [6.45, 7) is 2.45. The molecule has 0 N–H and O–H groups in total. The quantitative estimate of drug-likeness (QED) is 0.571. The Morgan fingerprint density at radius 1 is 1.17 bits per heavy atom. The Bertz CT molecular complexity index is 715. The maximum atomic E-state index is 13.2. The first kappa shape index (κ1) is 16.5. The molecule has 0 radical (unpaired) electrons. The fourth-order valence-corrected chi connectivity index (χ4v) is 1.95. The molecule has 2 aromatic rings. The number of hydrogen-bond acceptors (Lipinski definition) is 4. The molecule has 2 aromatic carbocycles. The smallest absolute Gasteiger partial charge is 0.235 e. The van der Waals surface area contributed by atoms with Gasteiger partial charge in [-0.25, -0.2) is 4.39 Å². The molecular formula is C17H16FNO4. The third kappa shape index (κ3) is 5.10. The molecule has 0 atom stereocenters. The highest BCUT2D eigenvalue weighted by Crippen LogP contribution is 2.29. The Balaban J connectivity index is 2.15. The van der Waals surface area contributed by atoms with Gasteiger partial charge in [0.25, 0.3) is 0 Å². The number of halogens is 1.